The van der Waals surface area contributed by atoms with Crippen molar-refractivity contribution in [1.29, 1.82) is 0 Å². The zero-order valence-corrected chi connectivity index (χ0v) is 15.7. The van der Waals surface area contributed by atoms with Crippen LogP contribution in [-0.2, 0) is 10.0 Å². The molecule has 0 aliphatic carbocycles. The number of rotatable bonds is 6. The Morgan fingerprint density at radius 3 is 2.27 bits per heavy atom. The van der Waals surface area contributed by atoms with Gasteiger partial charge < -0.3 is 15.0 Å². The molecule has 1 aliphatic heterocycles. The molecule has 0 amide bonds. The van der Waals surface area contributed by atoms with E-state index < -0.39 is 10.0 Å². The van der Waals surface area contributed by atoms with E-state index in [0.717, 1.165) is 18.2 Å². The summed E-state index contributed by atoms with van der Waals surface area (Å²) in [7, 11) is -1.95. The topological polar surface area (TPSA) is 87.7 Å². The Morgan fingerprint density at radius 2 is 1.73 bits per heavy atom. The second-order valence-corrected chi connectivity index (χ2v) is 7.81. The van der Waals surface area contributed by atoms with Gasteiger partial charge in [0, 0.05) is 32.7 Å². The summed E-state index contributed by atoms with van der Waals surface area (Å²) in [6, 6.07) is 10.2. The van der Waals surface area contributed by atoms with Gasteiger partial charge in [-0.05, 0) is 43.3 Å². The third-order valence-electron chi connectivity index (χ3n) is 4.27. The highest BCUT2D eigenvalue weighted by Gasteiger charge is 2.29. The van der Waals surface area contributed by atoms with Gasteiger partial charge in [0.25, 0.3) is 0 Å². The number of hydrogen-bond acceptors (Lipinski definition) is 7. The van der Waals surface area contributed by atoms with Crippen LogP contribution in [0.25, 0.3) is 0 Å². The van der Waals surface area contributed by atoms with E-state index >= 15 is 0 Å². The minimum atomic E-state index is -3.50. The number of benzene rings is 1. The van der Waals surface area contributed by atoms with Crippen LogP contribution in [0.4, 0.5) is 11.6 Å². The molecule has 1 aromatic carbocycles. The summed E-state index contributed by atoms with van der Waals surface area (Å²) < 4.78 is 32.1. The molecule has 1 aliphatic rings. The number of piperazine rings is 1. The molecule has 0 radical (unpaired) electrons. The number of hydrogen-bond donors (Lipinski definition) is 1. The molecule has 2 heterocycles. The summed E-state index contributed by atoms with van der Waals surface area (Å²) in [5.74, 6) is 2.12. The van der Waals surface area contributed by atoms with E-state index in [2.05, 4.69) is 15.5 Å². The maximum Gasteiger partial charge on any atom is 0.243 e. The predicted octanol–water partition coefficient (Wildman–Crippen LogP) is 1.43. The van der Waals surface area contributed by atoms with Crippen LogP contribution >= 0.6 is 0 Å². The van der Waals surface area contributed by atoms with E-state index in [1.54, 1.807) is 31.4 Å². The SMILES string of the molecule is CCNc1ccc(N2CCN(S(=O)(=O)c3ccc(OC)cc3)CC2)nn1. The lowest BCUT2D eigenvalue weighted by molar-refractivity contribution is 0.383. The van der Waals surface area contributed by atoms with Crippen molar-refractivity contribution in [3.05, 3.63) is 36.4 Å². The maximum absolute atomic E-state index is 12.8. The van der Waals surface area contributed by atoms with Crippen LogP contribution in [0.15, 0.2) is 41.3 Å². The summed E-state index contributed by atoms with van der Waals surface area (Å²) in [6.45, 7) is 4.75. The average Bonchev–Trinajstić information content (AvgIpc) is 2.69. The molecule has 26 heavy (non-hydrogen) atoms. The van der Waals surface area contributed by atoms with Crippen LogP contribution < -0.4 is 15.0 Å². The number of aromatic nitrogens is 2. The van der Waals surface area contributed by atoms with Crippen LogP contribution in [-0.4, -0.2) is 62.8 Å². The number of nitrogens with one attached hydrogen (secondary N) is 1. The van der Waals surface area contributed by atoms with Crippen molar-refractivity contribution in [1.82, 2.24) is 14.5 Å². The Bertz CT molecular complexity index is 816. The molecule has 3 rings (SSSR count). The molecule has 0 saturated carbocycles. The molecule has 2 aromatic rings. The van der Waals surface area contributed by atoms with Crippen LogP contribution in [0.2, 0.25) is 0 Å². The van der Waals surface area contributed by atoms with Crippen molar-refractivity contribution in [3.8, 4) is 5.75 Å². The number of sulfonamides is 1. The van der Waals surface area contributed by atoms with Crippen LogP contribution in [0.5, 0.6) is 5.75 Å². The van der Waals surface area contributed by atoms with Crippen molar-refractivity contribution in [2.75, 3.05) is 50.1 Å². The summed E-state index contributed by atoms with van der Waals surface area (Å²) in [5.41, 5.74) is 0. The Balaban J connectivity index is 1.65. The molecule has 0 unspecified atom stereocenters. The van der Waals surface area contributed by atoms with Crippen molar-refractivity contribution in [2.45, 2.75) is 11.8 Å². The highest BCUT2D eigenvalue weighted by Crippen LogP contribution is 2.22. The van der Waals surface area contributed by atoms with Gasteiger partial charge in [-0.15, -0.1) is 10.2 Å². The lowest BCUT2D eigenvalue weighted by Crippen LogP contribution is -2.49. The molecule has 9 heteroatoms. The van der Waals surface area contributed by atoms with Crippen LogP contribution in [0.1, 0.15) is 6.92 Å². The zero-order valence-electron chi connectivity index (χ0n) is 14.9. The Morgan fingerprint density at radius 1 is 1.04 bits per heavy atom. The van der Waals surface area contributed by atoms with Gasteiger partial charge in [0.2, 0.25) is 10.0 Å². The highest BCUT2D eigenvalue weighted by molar-refractivity contribution is 7.89. The van der Waals surface area contributed by atoms with E-state index in [0.29, 0.717) is 31.9 Å². The van der Waals surface area contributed by atoms with E-state index in [9.17, 15) is 8.42 Å². The van der Waals surface area contributed by atoms with E-state index in [1.165, 1.54) is 4.31 Å². The summed E-state index contributed by atoms with van der Waals surface area (Å²) in [5, 5.41) is 11.4. The lowest BCUT2D eigenvalue weighted by atomic mass is 10.3. The van der Waals surface area contributed by atoms with Crippen molar-refractivity contribution in [3.63, 3.8) is 0 Å². The maximum atomic E-state index is 12.8. The number of ether oxygens (including phenoxy) is 1. The highest BCUT2D eigenvalue weighted by atomic mass is 32.2. The van der Waals surface area contributed by atoms with Crippen LogP contribution in [0, 0.1) is 0 Å². The third kappa shape index (κ3) is 3.88. The molecular formula is C17H23N5O3S. The smallest absolute Gasteiger partial charge is 0.243 e. The first kappa shape index (κ1) is 18.4. The molecule has 0 atom stereocenters. The fraction of sp³-hybridized carbons (Fsp3) is 0.412. The van der Waals surface area contributed by atoms with Gasteiger partial charge in [0.05, 0.1) is 12.0 Å². The predicted molar refractivity (Wildman–Crippen MR) is 100 cm³/mol. The molecule has 1 saturated heterocycles. The molecule has 140 valence electrons. The average molecular weight is 377 g/mol. The first-order valence-electron chi connectivity index (χ1n) is 8.51. The van der Waals surface area contributed by atoms with E-state index in [1.807, 2.05) is 24.0 Å². The van der Waals surface area contributed by atoms with Gasteiger partial charge in [0.1, 0.15) is 11.6 Å². The Kier molecular flexibility index (Phi) is 5.58. The Labute approximate surface area is 153 Å². The van der Waals surface area contributed by atoms with E-state index in [4.69, 9.17) is 4.74 Å². The monoisotopic (exact) mass is 377 g/mol. The fourth-order valence-corrected chi connectivity index (χ4v) is 4.25. The van der Waals surface area contributed by atoms with E-state index in [-0.39, 0.29) is 4.90 Å². The molecule has 1 fully saturated rings. The standard InChI is InChI=1S/C17H23N5O3S/c1-3-18-16-8-9-17(20-19-16)21-10-12-22(13-11-21)26(23,24)15-6-4-14(25-2)5-7-15/h4-9H,3,10-13H2,1-2H3,(H,18,19). The molecule has 1 N–H and O–H groups in total. The van der Waals surface area contributed by atoms with Gasteiger partial charge in [0.15, 0.2) is 5.82 Å². The largest absolute Gasteiger partial charge is 0.497 e. The number of anilines is 2. The minimum Gasteiger partial charge on any atom is -0.497 e. The lowest BCUT2D eigenvalue weighted by Gasteiger charge is -2.34. The normalized spacial score (nSPS) is 15.7. The molecule has 0 spiro atoms. The van der Waals surface area contributed by atoms with Gasteiger partial charge in [-0.2, -0.15) is 4.31 Å². The zero-order chi connectivity index (χ0) is 18.6. The second-order valence-electron chi connectivity index (χ2n) is 5.87. The quantitative estimate of drug-likeness (QED) is 0.815. The van der Waals surface area contributed by atoms with Crippen molar-refractivity contribution in [2.24, 2.45) is 0 Å². The first-order chi connectivity index (χ1) is 12.5. The van der Waals surface area contributed by atoms with Crippen molar-refractivity contribution >= 4 is 21.7 Å². The number of methoxy groups -OCH3 is 1. The first-order valence-corrected chi connectivity index (χ1v) is 9.95. The summed E-state index contributed by atoms with van der Waals surface area (Å²) >= 11 is 0. The molecule has 8 nitrogen and oxygen atoms in total. The third-order valence-corrected chi connectivity index (χ3v) is 6.18. The number of nitrogens with zero attached hydrogens (tertiary/aromatic N) is 4. The molecule has 0 bridgehead atoms. The molecular weight excluding hydrogens is 354 g/mol. The van der Waals surface area contributed by atoms with Gasteiger partial charge in [-0.3, -0.25) is 0 Å². The van der Waals surface area contributed by atoms with Gasteiger partial charge >= 0.3 is 0 Å². The molecule has 1 aromatic heterocycles. The summed E-state index contributed by atoms with van der Waals surface area (Å²) in [4.78, 5) is 2.32. The van der Waals surface area contributed by atoms with Gasteiger partial charge in [-0.25, -0.2) is 8.42 Å². The fourth-order valence-electron chi connectivity index (χ4n) is 2.82. The second kappa shape index (κ2) is 7.88. The van der Waals surface area contributed by atoms with Crippen LogP contribution in [0.3, 0.4) is 0 Å². The van der Waals surface area contributed by atoms with Gasteiger partial charge in [-0.1, -0.05) is 0 Å². The minimum absolute atomic E-state index is 0.279. The summed E-state index contributed by atoms with van der Waals surface area (Å²) in [6.07, 6.45) is 0. The van der Waals surface area contributed by atoms with Crippen molar-refractivity contribution < 1.29 is 13.2 Å². The Hall–Kier alpha value is -2.39.